The smallest absolute Gasteiger partial charge is 0.322 e. The van der Waals surface area contributed by atoms with Gasteiger partial charge in [0.15, 0.2) is 5.41 Å². The van der Waals surface area contributed by atoms with Gasteiger partial charge in [-0.25, -0.2) is 8.78 Å². The van der Waals surface area contributed by atoms with Gasteiger partial charge in [0.25, 0.3) is 6.43 Å². The largest absolute Gasteiger partial charge is 0.497 e. The maximum Gasteiger partial charge on any atom is 0.322 e. The average molecular weight is 322 g/mol. The third-order valence-corrected chi connectivity index (χ3v) is 4.13. The van der Waals surface area contributed by atoms with Gasteiger partial charge in [-0.1, -0.05) is 25.1 Å². The molecule has 23 heavy (non-hydrogen) atoms. The Morgan fingerprint density at radius 2 is 1.78 bits per heavy atom. The van der Waals surface area contributed by atoms with Gasteiger partial charge < -0.3 is 9.47 Å². The van der Waals surface area contributed by atoms with Crippen LogP contribution in [0.4, 0.5) is 8.78 Å². The highest BCUT2D eigenvalue weighted by molar-refractivity contribution is 5.89. The summed E-state index contributed by atoms with van der Waals surface area (Å²) in [5.41, 5.74) is -1.67. The zero-order valence-corrected chi connectivity index (χ0v) is 13.4. The van der Waals surface area contributed by atoms with Crippen molar-refractivity contribution in [2.24, 2.45) is 0 Å². The van der Waals surface area contributed by atoms with E-state index in [1.165, 1.54) is 0 Å². The van der Waals surface area contributed by atoms with Crippen LogP contribution in [0.5, 0.6) is 5.75 Å². The number of methoxy groups -OCH3 is 1. The molecule has 0 aliphatic rings. The van der Waals surface area contributed by atoms with Crippen molar-refractivity contribution in [3.63, 3.8) is 0 Å². The second kappa shape index (κ2) is 6.94. The first kappa shape index (κ1) is 17.2. The highest BCUT2D eigenvalue weighted by Gasteiger charge is 2.48. The van der Waals surface area contributed by atoms with Crippen LogP contribution < -0.4 is 4.74 Å². The lowest BCUT2D eigenvalue weighted by molar-refractivity contribution is -0.157. The Balaban J connectivity index is 2.58. The minimum Gasteiger partial charge on any atom is -0.497 e. The molecule has 0 aliphatic carbocycles. The number of benzene rings is 2. The summed E-state index contributed by atoms with van der Waals surface area (Å²) in [6.45, 7) is 3.25. The van der Waals surface area contributed by atoms with Crippen LogP contribution in [0.1, 0.15) is 25.8 Å². The molecule has 0 heterocycles. The van der Waals surface area contributed by atoms with E-state index in [0.29, 0.717) is 5.75 Å². The Kier molecular flexibility index (Phi) is 5.19. The third kappa shape index (κ3) is 3.00. The molecule has 0 fully saturated rings. The molecule has 0 saturated carbocycles. The van der Waals surface area contributed by atoms with Crippen molar-refractivity contribution in [1.82, 2.24) is 0 Å². The van der Waals surface area contributed by atoms with Crippen molar-refractivity contribution in [2.45, 2.75) is 32.1 Å². The molecule has 0 spiro atoms. The first-order chi connectivity index (χ1) is 11.0. The number of fused-ring (bicyclic) bond motifs is 1. The maximum atomic E-state index is 13.8. The topological polar surface area (TPSA) is 35.5 Å². The predicted octanol–water partition coefficient (Wildman–Crippen LogP) is 4.32. The van der Waals surface area contributed by atoms with Crippen LogP contribution >= 0.6 is 0 Å². The minimum absolute atomic E-state index is 0.0365. The molecule has 0 bridgehead atoms. The van der Waals surface area contributed by atoms with Crippen molar-refractivity contribution in [2.75, 3.05) is 13.7 Å². The third-order valence-electron chi connectivity index (χ3n) is 4.13. The molecule has 1 unspecified atom stereocenters. The lowest BCUT2D eigenvalue weighted by Crippen LogP contribution is -2.43. The zero-order chi connectivity index (χ0) is 17.0. The molecule has 3 nitrogen and oxygen atoms in total. The standard InChI is InChI=1S/C18H20F2O3/c1-4-18(16(19)20,17(21)23-5-2)14-8-6-13-11-15(22-3)9-7-12(13)10-14/h6-11,16H,4-5H2,1-3H3. The molecule has 0 aromatic heterocycles. The molecular weight excluding hydrogens is 302 g/mol. The summed E-state index contributed by atoms with van der Waals surface area (Å²) < 4.78 is 37.7. The van der Waals surface area contributed by atoms with E-state index in [-0.39, 0.29) is 18.6 Å². The van der Waals surface area contributed by atoms with Gasteiger partial charge in [0.1, 0.15) is 5.75 Å². The lowest BCUT2D eigenvalue weighted by atomic mass is 9.77. The molecule has 124 valence electrons. The number of esters is 1. The molecule has 0 saturated heterocycles. The monoisotopic (exact) mass is 322 g/mol. The number of ether oxygens (including phenoxy) is 2. The van der Waals surface area contributed by atoms with E-state index in [1.54, 1.807) is 51.3 Å². The molecule has 5 heteroatoms. The molecule has 1 atom stereocenters. The van der Waals surface area contributed by atoms with E-state index in [0.717, 1.165) is 10.8 Å². The highest BCUT2D eigenvalue weighted by atomic mass is 19.3. The molecule has 2 rings (SSSR count). The van der Waals surface area contributed by atoms with Crippen molar-refractivity contribution >= 4 is 16.7 Å². The molecular formula is C18H20F2O3. The van der Waals surface area contributed by atoms with Crippen molar-refractivity contribution in [3.8, 4) is 5.75 Å². The quantitative estimate of drug-likeness (QED) is 0.743. The fourth-order valence-electron chi connectivity index (χ4n) is 2.72. The van der Waals surface area contributed by atoms with E-state index in [9.17, 15) is 13.6 Å². The Labute approximate surface area is 134 Å². The van der Waals surface area contributed by atoms with Gasteiger partial charge >= 0.3 is 5.97 Å². The van der Waals surface area contributed by atoms with Crippen LogP contribution in [0.3, 0.4) is 0 Å². The first-order valence-electron chi connectivity index (χ1n) is 7.53. The van der Waals surface area contributed by atoms with E-state index in [4.69, 9.17) is 9.47 Å². The number of alkyl halides is 2. The van der Waals surface area contributed by atoms with Crippen LogP contribution in [0.25, 0.3) is 10.8 Å². The van der Waals surface area contributed by atoms with Crippen LogP contribution in [0.2, 0.25) is 0 Å². The maximum absolute atomic E-state index is 13.8. The Bertz CT molecular complexity index is 700. The fraction of sp³-hybridized carbons (Fsp3) is 0.389. The normalized spacial score (nSPS) is 13.8. The van der Waals surface area contributed by atoms with E-state index >= 15 is 0 Å². The van der Waals surface area contributed by atoms with Crippen molar-refractivity contribution in [1.29, 1.82) is 0 Å². The summed E-state index contributed by atoms with van der Waals surface area (Å²) >= 11 is 0. The van der Waals surface area contributed by atoms with Crippen LogP contribution in [-0.4, -0.2) is 26.1 Å². The number of hydrogen-bond acceptors (Lipinski definition) is 3. The van der Waals surface area contributed by atoms with Gasteiger partial charge in [0.05, 0.1) is 13.7 Å². The van der Waals surface area contributed by atoms with Gasteiger partial charge in [0.2, 0.25) is 0 Å². The van der Waals surface area contributed by atoms with Gasteiger partial charge in [-0.2, -0.15) is 0 Å². The fourth-order valence-corrected chi connectivity index (χ4v) is 2.72. The first-order valence-corrected chi connectivity index (χ1v) is 7.53. The Morgan fingerprint density at radius 1 is 1.13 bits per heavy atom. The summed E-state index contributed by atoms with van der Waals surface area (Å²) in [7, 11) is 1.56. The van der Waals surface area contributed by atoms with Crippen LogP contribution in [0, 0.1) is 0 Å². The average Bonchev–Trinajstić information content (AvgIpc) is 2.55. The van der Waals surface area contributed by atoms with Crippen LogP contribution in [-0.2, 0) is 14.9 Å². The molecule has 0 aliphatic heterocycles. The molecule has 0 radical (unpaired) electrons. The Morgan fingerprint density at radius 3 is 2.35 bits per heavy atom. The predicted molar refractivity (Wildman–Crippen MR) is 85.1 cm³/mol. The van der Waals surface area contributed by atoms with Gasteiger partial charge in [0, 0.05) is 0 Å². The number of halogens is 2. The van der Waals surface area contributed by atoms with Gasteiger partial charge in [-0.3, -0.25) is 4.79 Å². The van der Waals surface area contributed by atoms with Crippen molar-refractivity contribution < 1.29 is 23.0 Å². The summed E-state index contributed by atoms with van der Waals surface area (Å²) in [6, 6.07) is 10.3. The van der Waals surface area contributed by atoms with E-state index in [2.05, 4.69) is 0 Å². The zero-order valence-electron chi connectivity index (χ0n) is 13.4. The lowest BCUT2D eigenvalue weighted by Gasteiger charge is -2.30. The summed E-state index contributed by atoms with van der Waals surface area (Å²) in [5, 5.41) is 1.63. The number of hydrogen-bond donors (Lipinski definition) is 0. The van der Waals surface area contributed by atoms with E-state index in [1.807, 2.05) is 6.07 Å². The van der Waals surface area contributed by atoms with Gasteiger partial charge in [-0.15, -0.1) is 0 Å². The molecule has 2 aromatic rings. The minimum atomic E-state index is -2.85. The summed E-state index contributed by atoms with van der Waals surface area (Å²) in [5.74, 6) is -0.198. The highest BCUT2D eigenvalue weighted by Crippen LogP contribution is 2.38. The summed E-state index contributed by atoms with van der Waals surface area (Å²) in [6.07, 6.45) is -2.88. The van der Waals surface area contributed by atoms with Crippen molar-refractivity contribution in [3.05, 3.63) is 42.0 Å². The SMILES string of the molecule is CCOC(=O)C(CC)(c1ccc2cc(OC)ccc2c1)C(F)F. The van der Waals surface area contributed by atoms with Crippen LogP contribution in [0.15, 0.2) is 36.4 Å². The van der Waals surface area contributed by atoms with Gasteiger partial charge in [-0.05, 0) is 47.9 Å². The summed E-state index contributed by atoms with van der Waals surface area (Å²) in [4.78, 5) is 12.3. The Hall–Kier alpha value is -2.17. The number of carbonyl (C=O) groups excluding carboxylic acids is 1. The van der Waals surface area contributed by atoms with E-state index < -0.39 is 17.8 Å². The molecule has 0 N–H and O–H groups in total. The second-order valence-electron chi connectivity index (χ2n) is 5.27. The second-order valence-corrected chi connectivity index (χ2v) is 5.27. The number of carbonyl (C=O) groups is 1. The molecule has 2 aromatic carbocycles. The number of rotatable bonds is 6. The molecule has 0 amide bonds.